The van der Waals surface area contributed by atoms with Crippen molar-refractivity contribution >= 4 is 0 Å². The third kappa shape index (κ3) is 3.76. The Morgan fingerprint density at radius 1 is 1.14 bits per heavy atom. The van der Waals surface area contributed by atoms with Crippen LogP contribution in [0, 0.1) is 0 Å². The SMILES string of the molecule is CCOc1cc(CO)ccc1OCc1cc(CC)nn1C. The summed E-state index contributed by atoms with van der Waals surface area (Å²) < 4.78 is 13.2. The summed E-state index contributed by atoms with van der Waals surface area (Å²) in [6.07, 6.45) is 0.906. The molecule has 0 fully saturated rings. The van der Waals surface area contributed by atoms with Crippen molar-refractivity contribution in [2.24, 2.45) is 7.05 Å². The van der Waals surface area contributed by atoms with E-state index in [9.17, 15) is 5.11 Å². The Balaban J connectivity index is 2.13. The molecule has 5 nitrogen and oxygen atoms in total. The Kier molecular flexibility index (Phi) is 5.22. The Bertz CT molecular complexity index is 593. The molecule has 0 radical (unpaired) electrons. The highest BCUT2D eigenvalue weighted by Crippen LogP contribution is 2.29. The minimum absolute atomic E-state index is 0.0120. The van der Waals surface area contributed by atoms with Gasteiger partial charge in [0, 0.05) is 7.05 Å². The number of benzene rings is 1. The van der Waals surface area contributed by atoms with Gasteiger partial charge in [-0.2, -0.15) is 5.10 Å². The summed E-state index contributed by atoms with van der Waals surface area (Å²) in [4.78, 5) is 0. The normalized spacial score (nSPS) is 10.7. The molecule has 0 aliphatic heterocycles. The summed E-state index contributed by atoms with van der Waals surface area (Å²) >= 11 is 0. The van der Waals surface area contributed by atoms with Gasteiger partial charge in [0.05, 0.1) is 24.6 Å². The lowest BCUT2D eigenvalue weighted by Gasteiger charge is -2.13. The maximum absolute atomic E-state index is 9.19. The summed E-state index contributed by atoms with van der Waals surface area (Å²) in [5.41, 5.74) is 2.87. The molecule has 1 aromatic heterocycles. The molecular formula is C16H22N2O3. The number of aliphatic hydroxyl groups is 1. The molecule has 21 heavy (non-hydrogen) atoms. The number of aromatic nitrogens is 2. The van der Waals surface area contributed by atoms with E-state index >= 15 is 0 Å². The zero-order valence-corrected chi connectivity index (χ0v) is 12.8. The van der Waals surface area contributed by atoms with Gasteiger partial charge in [0.2, 0.25) is 0 Å². The van der Waals surface area contributed by atoms with Crippen LogP contribution < -0.4 is 9.47 Å². The fourth-order valence-corrected chi connectivity index (χ4v) is 2.07. The molecule has 1 heterocycles. The molecule has 0 saturated carbocycles. The Morgan fingerprint density at radius 3 is 2.57 bits per heavy atom. The summed E-state index contributed by atoms with van der Waals surface area (Å²) in [7, 11) is 1.91. The van der Waals surface area contributed by atoms with Crippen LogP contribution in [0.4, 0.5) is 0 Å². The smallest absolute Gasteiger partial charge is 0.161 e. The van der Waals surface area contributed by atoms with E-state index < -0.39 is 0 Å². The van der Waals surface area contributed by atoms with Gasteiger partial charge in [-0.05, 0) is 37.1 Å². The lowest BCUT2D eigenvalue weighted by atomic mass is 10.2. The number of hydrogen-bond acceptors (Lipinski definition) is 4. The topological polar surface area (TPSA) is 56.5 Å². The van der Waals surface area contributed by atoms with Crippen molar-refractivity contribution in [2.75, 3.05) is 6.61 Å². The van der Waals surface area contributed by atoms with Crippen LogP contribution in [0.25, 0.3) is 0 Å². The van der Waals surface area contributed by atoms with Crippen molar-refractivity contribution in [3.8, 4) is 11.5 Å². The molecule has 0 bridgehead atoms. The van der Waals surface area contributed by atoms with Crippen LogP contribution in [0.15, 0.2) is 24.3 Å². The highest BCUT2D eigenvalue weighted by molar-refractivity contribution is 5.43. The van der Waals surface area contributed by atoms with Crippen LogP contribution in [-0.4, -0.2) is 21.5 Å². The molecule has 5 heteroatoms. The first-order valence-corrected chi connectivity index (χ1v) is 7.19. The average molecular weight is 290 g/mol. The summed E-state index contributed by atoms with van der Waals surface area (Å²) in [6, 6.07) is 7.51. The van der Waals surface area contributed by atoms with E-state index in [1.807, 2.05) is 36.9 Å². The number of rotatable bonds is 7. The van der Waals surface area contributed by atoms with Gasteiger partial charge >= 0.3 is 0 Å². The molecule has 0 unspecified atom stereocenters. The number of aliphatic hydroxyl groups excluding tert-OH is 1. The minimum Gasteiger partial charge on any atom is -0.490 e. The van der Waals surface area contributed by atoms with E-state index in [-0.39, 0.29) is 6.61 Å². The van der Waals surface area contributed by atoms with E-state index in [1.165, 1.54) is 0 Å². The van der Waals surface area contributed by atoms with Gasteiger partial charge in [0.25, 0.3) is 0 Å². The van der Waals surface area contributed by atoms with E-state index in [4.69, 9.17) is 9.47 Å². The molecule has 0 spiro atoms. The minimum atomic E-state index is -0.0120. The average Bonchev–Trinajstić information content (AvgIpc) is 2.86. The molecular weight excluding hydrogens is 268 g/mol. The van der Waals surface area contributed by atoms with E-state index in [2.05, 4.69) is 12.0 Å². The summed E-state index contributed by atoms with van der Waals surface area (Å²) in [5.74, 6) is 1.33. The van der Waals surface area contributed by atoms with Gasteiger partial charge in [-0.1, -0.05) is 13.0 Å². The first-order chi connectivity index (χ1) is 10.2. The van der Waals surface area contributed by atoms with Crippen LogP contribution in [0.5, 0.6) is 11.5 Å². The van der Waals surface area contributed by atoms with E-state index in [0.717, 1.165) is 23.4 Å². The third-order valence-electron chi connectivity index (χ3n) is 3.26. The molecule has 0 atom stereocenters. The molecule has 0 aliphatic rings. The van der Waals surface area contributed by atoms with Crippen molar-refractivity contribution in [3.05, 3.63) is 41.2 Å². The zero-order chi connectivity index (χ0) is 15.2. The molecule has 0 amide bonds. The second-order valence-electron chi connectivity index (χ2n) is 4.77. The Hall–Kier alpha value is -2.01. The first kappa shape index (κ1) is 15.4. The standard InChI is InChI=1S/C16H22N2O3/c1-4-13-9-14(18(3)17-13)11-21-15-7-6-12(10-19)8-16(15)20-5-2/h6-9,19H,4-5,10-11H2,1-3H3. The maximum Gasteiger partial charge on any atom is 0.161 e. The van der Waals surface area contributed by atoms with Crippen LogP contribution in [-0.2, 0) is 26.7 Å². The fraction of sp³-hybridized carbons (Fsp3) is 0.438. The summed E-state index contributed by atoms with van der Waals surface area (Å²) in [5, 5.41) is 13.6. The van der Waals surface area contributed by atoms with Gasteiger partial charge in [-0.15, -0.1) is 0 Å². The molecule has 1 aromatic carbocycles. The molecule has 114 valence electrons. The molecule has 2 aromatic rings. The molecule has 1 N–H and O–H groups in total. The van der Waals surface area contributed by atoms with Crippen molar-refractivity contribution in [1.82, 2.24) is 9.78 Å². The molecule has 0 saturated heterocycles. The lowest BCUT2D eigenvalue weighted by Crippen LogP contribution is -2.04. The first-order valence-electron chi connectivity index (χ1n) is 7.19. The second kappa shape index (κ2) is 7.13. The summed E-state index contributed by atoms with van der Waals surface area (Å²) in [6.45, 7) is 4.97. The largest absolute Gasteiger partial charge is 0.490 e. The van der Waals surface area contributed by atoms with Crippen LogP contribution in [0.3, 0.4) is 0 Å². The van der Waals surface area contributed by atoms with Crippen molar-refractivity contribution < 1.29 is 14.6 Å². The van der Waals surface area contributed by atoms with Crippen molar-refractivity contribution in [1.29, 1.82) is 0 Å². The number of aryl methyl sites for hydroxylation is 2. The highest BCUT2D eigenvalue weighted by atomic mass is 16.5. The van der Waals surface area contributed by atoms with Crippen LogP contribution in [0.1, 0.15) is 30.8 Å². The second-order valence-corrected chi connectivity index (χ2v) is 4.77. The predicted octanol–water partition coefficient (Wildman–Crippen LogP) is 2.45. The van der Waals surface area contributed by atoms with Crippen molar-refractivity contribution in [2.45, 2.75) is 33.5 Å². The van der Waals surface area contributed by atoms with Crippen molar-refractivity contribution in [3.63, 3.8) is 0 Å². The van der Waals surface area contributed by atoms with Gasteiger partial charge in [0.1, 0.15) is 6.61 Å². The van der Waals surface area contributed by atoms with Gasteiger partial charge in [-0.25, -0.2) is 0 Å². The maximum atomic E-state index is 9.19. The zero-order valence-electron chi connectivity index (χ0n) is 12.8. The number of hydrogen-bond donors (Lipinski definition) is 1. The Labute approximate surface area is 125 Å². The monoisotopic (exact) mass is 290 g/mol. The van der Waals surface area contributed by atoms with Crippen LogP contribution in [0.2, 0.25) is 0 Å². The van der Waals surface area contributed by atoms with Gasteiger partial charge < -0.3 is 14.6 Å². The van der Waals surface area contributed by atoms with Crippen LogP contribution >= 0.6 is 0 Å². The lowest BCUT2D eigenvalue weighted by molar-refractivity contribution is 0.259. The quantitative estimate of drug-likeness (QED) is 0.851. The third-order valence-corrected chi connectivity index (χ3v) is 3.26. The van der Waals surface area contributed by atoms with E-state index in [0.29, 0.717) is 24.7 Å². The Morgan fingerprint density at radius 2 is 1.95 bits per heavy atom. The van der Waals surface area contributed by atoms with Gasteiger partial charge in [-0.3, -0.25) is 4.68 Å². The predicted molar refractivity (Wildman–Crippen MR) is 80.5 cm³/mol. The van der Waals surface area contributed by atoms with E-state index in [1.54, 1.807) is 6.07 Å². The molecule has 2 rings (SSSR count). The van der Waals surface area contributed by atoms with Gasteiger partial charge in [0.15, 0.2) is 11.5 Å². The number of ether oxygens (including phenoxy) is 2. The molecule has 0 aliphatic carbocycles. The highest BCUT2D eigenvalue weighted by Gasteiger charge is 2.09. The number of nitrogens with zero attached hydrogens (tertiary/aromatic N) is 2. The fourth-order valence-electron chi connectivity index (χ4n) is 2.07.